The molecule has 16 heavy (non-hydrogen) atoms. The SMILES string of the molecule is C=CC(C)N1CCN(CCC(=O)OC)CC1. The van der Waals surface area contributed by atoms with E-state index in [2.05, 4.69) is 28.0 Å². The smallest absolute Gasteiger partial charge is 0.306 e. The maximum atomic E-state index is 11.0. The molecule has 1 aliphatic heterocycles. The van der Waals surface area contributed by atoms with Gasteiger partial charge in [0, 0.05) is 38.8 Å². The minimum atomic E-state index is -0.123. The molecular weight excluding hydrogens is 204 g/mol. The summed E-state index contributed by atoms with van der Waals surface area (Å²) in [4.78, 5) is 15.7. The van der Waals surface area contributed by atoms with E-state index in [1.165, 1.54) is 7.11 Å². The Balaban J connectivity index is 2.21. The monoisotopic (exact) mass is 226 g/mol. The van der Waals surface area contributed by atoms with Gasteiger partial charge < -0.3 is 9.64 Å². The lowest BCUT2D eigenvalue weighted by Crippen LogP contribution is -2.49. The summed E-state index contributed by atoms with van der Waals surface area (Å²) in [7, 11) is 1.44. The fourth-order valence-corrected chi connectivity index (χ4v) is 1.89. The van der Waals surface area contributed by atoms with Gasteiger partial charge in [-0.05, 0) is 6.92 Å². The van der Waals surface area contributed by atoms with Crippen LogP contribution in [0.25, 0.3) is 0 Å². The molecule has 0 N–H and O–H groups in total. The molecule has 1 unspecified atom stereocenters. The van der Waals surface area contributed by atoms with Gasteiger partial charge in [-0.25, -0.2) is 0 Å². The van der Waals surface area contributed by atoms with Crippen LogP contribution in [0, 0.1) is 0 Å². The number of ether oxygens (including phenoxy) is 1. The van der Waals surface area contributed by atoms with Crippen LogP contribution >= 0.6 is 0 Å². The molecular formula is C12H22N2O2. The van der Waals surface area contributed by atoms with Crippen LogP contribution in [-0.4, -0.2) is 61.6 Å². The van der Waals surface area contributed by atoms with Crippen molar-refractivity contribution in [2.75, 3.05) is 39.8 Å². The summed E-state index contributed by atoms with van der Waals surface area (Å²) >= 11 is 0. The molecule has 4 nitrogen and oxygen atoms in total. The third kappa shape index (κ3) is 3.94. The number of carbonyl (C=O) groups is 1. The van der Waals surface area contributed by atoms with Crippen molar-refractivity contribution in [2.24, 2.45) is 0 Å². The number of carbonyl (C=O) groups excluding carboxylic acids is 1. The number of methoxy groups -OCH3 is 1. The maximum Gasteiger partial charge on any atom is 0.306 e. The van der Waals surface area contributed by atoms with Crippen LogP contribution < -0.4 is 0 Å². The van der Waals surface area contributed by atoms with Crippen molar-refractivity contribution in [3.05, 3.63) is 12.7 Å². The molecule has 1 saturated heterocycles. The van der Waals surface area contributed by atoms with Crippen LogP contribution in [0.3, 0.4) is 0 Å². The van der Waals surface area contributed by atoms with Crippen molar-refractivity contribution in [3.63, 3.8) is 0 Å². The Morgan fingerprint density at radius 2 is 2.06 bits per heavy atom. The molecule has 1 fully saturated rings. The maximum absolute atomic E-state index is 11.0. The average Bonchev–Trinajstić information content (AvgIpc) is 2.35. The third-order valence-corrected chi connectivity index (χ3v) is 3.18. The van der Waals surface area contributed by atoms with Crippen LogP contribution in [-0.2, 0) is 9.53 Å². The molecule has 0 amide bonds. The summed E-state index contributed by atoms with van der Waals surface area (Å²) in [5, 5.41) is 0. The first-order valence-electron chi connectivity index (χ1n) is 5.83. The van der Waals surface area contributed by atoms with E-state index in [1.54, 1.807) is 0 Å². The minimum Gasteiger partial charge on any atom is -0.469 e. The highest BCUT2D eigenvalue weighted by atomic mass is 16.5. The Bertz CT molecular complexity index is 235. The summed E-state index contributed by atoms with van der Waals surface area (Å²) in [6, 6.07) is 0.447. The molecule has 92 valence electrons. The quantitative estimate of drug-likeness (QED) is 0.511. The van der Waals surface area contributed by atoms with Crippen molar-refractivity contribution >= 4 is 5.97 Å². The van der Waals surface area contributed by atoms with E-state index >= 15 is 0 Å². The van der Waals surface area contributed by atoms with E-state index in [0.717, 1.165) is 32.7 Å². The molecule has 1 rings (SSSR count). The number of hydrogen-bond acceptors (Lipinski definition) is 4. The number of hydrogen-bond donors (Lipinski definition) is 0. The van der Waals surface area contributed by atoms with Crippen molar-refractivity contribution in [3.8, 4) is 0 Å². The summed E-state index contributed by atoms with van der Waals surface area (Å²) in [5.41, 5.74) is 0. The van der Waals surface area contributed by atoms with Gasteiger partial charge in [-0.2, -0.15) is 0 Å². The first kappa shape index (κ1) is 13.2. The predicted molar refractivity (Wildman–Crippen MR) is 64.3 cm³/mol. The Labute approximate surface area is 97.9 Å². The lowest BCUT2D eigenvalue weighted by atomic mass is 10.2. The minimum absolute atomic E-state index is 0.123. The zero-order chi connectivity index (χ0) is 12.0. The van der Waals surface area contributed by atoms with Crippen molar-refractivity contribution < 1.29 is 9.53 Å². The molecule has 0 bridgehead atoms. The first-order chi connectivity index (χ1) is 7.67. The standard InChI is InChI=1S/C12H22N2O2/c1-4-11(2)14-9-7-13(8-10-14)6-5-12(15)16-3/h4,11H,1,5-10H2,2-3H3. The largest absolute Gasteiger partial charge is 0.469 e. The topological polar surface area (TPSA) is 32.8 Å². The summed E-state index contributed by atoms with van der Waals surface area (Å²) in [5.74, 6) is -0.123. The predicted octanol–water partition coefficient (Wildman–Crippen LogP) is 0.742. The van der Waals surface area contributed by atoms with Crippen LogP contribution in [0.1, 0.15) is 13.3 Å². The number of esters is 1. The molecule has 4 heteroatoms. The zero-order valence-electron chi connectivity index (χ0n) is 10.3. The average molecular weight is 226 g/mol. The van der Waals surface area contributed by atoms with E-state index < -0.39 is 0 Å². The van der Waals surface area contributed by atoms with E-state index in [9.17, 15) is 4.79 Å². The molecule has 0 radical (unpaired) electrons. The van der Waals surface area contributed by atoms with Gasteiger partial charge in [0.1, 0.15) is 0 Å². The molecule has 0 aromatic heterocycles. The Kier molecular flexibility index (Phi) is 5.49. The Morgan fingerprint density at radius 1 is 1.44 bits per heavy atom. The highest BCUT2D eigenvalue weighted by molar-refractivity contribution is 5.69. The molecule has 0 aliphatic carbocycles. The van der Waals surface area contributed by atoms with Gasteiger partial charge in [-0.1, -0.05) is 6.08 Å². The van der Waals surface area contributed by atoms with Gasteiger partial charge >= 0.3 is 5.97 Å². The van der Waals surface area contributed by atoms with Gasteiger partial charge in [0.05, 0.1) is 13.5 Å². The lowest BCUT2D eigenvalue weighted by molar-refractivity contribution is -0.141. The Hall–Kier alpha value is -0.870. The van der Waals surface area contributed by atoms with Crippen LogP contribution in [0.15, 0.2) is 12.7 Å². The van der Waals surface area contributed by atoms with Gasteiger partial charge in [0.25, 0.3) is 0 Å². The fourth-order valence-electron chi connectivity index (χ4n) is 1.89. The lowest BCUT2D eigenvalue weighted by Gasteiger charge is -2.36. The van der Waals surface area contributed by atoms with Crippen LogP contribution in [0.4, 0.5) is 0 Å². The highest BCUT2D eigenvalue weighted by Crippen LogP contribution is 2.07. The van der Waals surface area contributed by atoms with Crippen molar-refractivity contribution in [1.82, 2.24) is 9.80 Å². The molecule has 0 saturated carbocycles. The summed E-state index contributed by atoms with van der Waals surface area (Å²) in [6.07, 6.45) is 2.47. The third-order valence-electron chi connectivity index (χ3n) is 3.18. The summed E-state index contributed by atoms with van der Waals surface area (Å²) < 4.78 is 4.63. The second kappa shape index (κ2) is 6.66. The number of rotatable bonds is 5. The van der Waals surface area contributed by atoms with Gasteiger partial charge in [0.2, 0.25) is 0 Å². The molecule has 1 heterocycles. The van der Waals surface area contributed by atoms with E-state index in [1.807, 2.05) is 6.08 Å². The Morgan fingerprint density at radius 3 is 2.56 bits per heavy atom. The van der Waals surface area contributed by atoms with Crippen molar-refractivity contribution in [1.29, 1.82) is 0 Å². The number of piperazine rings is 1. The second-order valence-corrected chi connectivity index (χ2v) is 4.18. The van der Waals surface area contributed by atoms with E-state index in [-0.39, 0.29) is 5.97 Å². The zero-order valence-corrected chi connectivity index (χ0v) is 10.3. The molecule has 1 aliphatic rings. The highest BCUT2D eigenvalue weighted by Gasteiger charge is 2.19. The van der Waals surface area contributed by atoms with Gasteiger partial charge in [-0.15, -0.1) is 6.58 Å². The van der Waals surface area contributed by atoms with Gasteiger partial charge in [-0.3, -0.25) is 9.69 Å². The molecule has 0 aromatic rings. The summed E-state index contributed by atoms with van der Waals surface area (Å²) in [6.45, 7) is 10.9. The van der Waals surface area contributed by atoms with Gasteiger partial charge in [0.15, 0.2) is 0 Å². The van der Waals surface area contributed by atoms with E-state index in [4.69, 9.17) is 0 Å². The molecule has 0 spiro atoms. The number of nitrogens with zero attached hydrogens (tertiary/aromatic N) is 2. The second-order valence-electron chi connectivity index (χ2n) is 4.18. The van der Waals surface area contributed by atoms with E-state index in [0.29, 0.717) is 12.5 Å². The fraction of sp³-hybridized carbons (Fsp3) is 0.750. The van der Waals surface area contributed by atoms with Crippen LogP contribution in [0.2, 0.25) is 0 Å². The van der Waals surface area contributed by atoms with Crippen LogP contribution in [0.5, 0.6) is 0 Å². The molecule has 0 aromatic carbocycles. The van der Waals surface area contributed by atoms with Crippen molar-refractivity contribution in [2.45, 2.75) is 19.4 Å². The first-order valence-corrected chi connectivity index (χ1v) is 5.83. The molecule has 1 atom stereocenters. The normalized spacial score (nSPS) is 20.4.